The summed E-state index contributed by atoms with van der Waals surface area (Å²) in [6.45, 7) is 2.04. The highest BCUT2D eigenvalue weighted by Crippen LogP contribution is 2.24. The maximum Gasteiger partial charge on any atom is 0.252 e. The van der Waals surface area contributed by atoms with Crippen LogP contribution >= 0.6 is 0 Å². The molecule has 0 spiro atoms. The zero-order valence-electron chi connectivity index (χ0n) is 15.7. The lowest BCUT2D eigenvalue weighted by atomic mass is 10.1. The molecule has 1 N–H and O–H groups in total. The molecule has 0 unspecified atom stereocenters. The second-order valence-electron chi connectivity index (χ2n) is 6.57. The third kappa shape index (κ3) is 4.21. The zero-order valence-corrected chi connectivity index (χ0v) is 15.7. The number of pyridine rings is 2. The Labute approximate surface area is 167 Å². The predicted molar refractivity (Wildman–Crippen MR) is 108 cm³/mol. The van der Waals surface area contributed by atoms with Crippen molar-refractivity contribution in [2.45, 2.75) is 13.5 Å². The maximum atomic E-state index is 14.4. The summed E-state index contributed by atoms with van der Waals surface area (Å²) in [5, 5.41) is 3.63. The van der Waals surface area contributed by atoms with Crippen LogP contribution < -0.4 is 10.1 Å². The van der Waals surface area contributed by atoms with Crippen molar-refractivity contribution in [3.05, 3.63) is 95.7 Å². The molecular weight excluding hydrogens is 369 g/mol. The second-order valence-corrected chi connectivity index (χ2v) is 6.57. The number of benzene rings is 2. The van der Waals surface area contributed by atoms with Crippen LogP contribution in [-0.4, -0.2) is 15.9 Å². The number of rotatable bonds is 5. The van der Waals surface area contributed by atoms with Crippen LogP contribution in [0.4, 0.5) is 4.39 Å². The molecule has 0 aliphatic rings. The molecule has 5 nitrogen and oxygen atoms in total. The minimum Gasteiger partial charge on any atom is -0.453 e. The first-order valence-electron chi connectivity index (χ1n) is 9.11. The molecule has 2 aromatic carbocycles. The van der Waals surface area contributed by atoms with Crippen molar-refractivity contribution in [1.29, 1.82) is 0 Å². The van der Waals surface area contributed by atoms with Crippen LogP contribution in [0.1, 0.15) is 21.6 Å². The van der Waals surface area contributed by atoms with Crippen LogP contribution in [0.5, 0.6) is 11.5 Å². The lowest BCUT2D eigenvalue weighted by molar-refractivity contribution is 0.0952. The van der Waals surface area contributed by atoms with Gasteiger partial charge in [0.15, 0.2) is 11.6 Å². The van der Waals surface area contributed by atoms with Gasteiger partial charge in [0.05, 0.1) is 17.3 Å². The van der Waals surface area contributed by atoms with E-state index >= 15 is 0 Å². The standard InChI is InChI=1S/C23H18FN3O2/c1-15-11-19(18-6-2-3-7-21(18)27-15)23(28)26-13-16-8-9-22(20(24)12-16)29-17-5-4-10-25-14-17/h2-12,14H,13H2,1H3,(H,26,28). The Morgan fingerprint density at radius 3 is 2.76 bits per heavy atom. The van der Waals surface area contributed by atoms with E-state index in [1.165, 1.54) is 18.3 Å². The zero-order chi connectivity index (χ0) is 20.2. The van der Waals surface area contributed by atoms with Gasteiger partial charge in [0, 0.05) is 23.8 Å². The Kier molecular flexibility index (Phi) is 5.16. The fourth-order valence-electron chi connectivity index (χ4n) is 3.04. The van der Waals surface area contributed by atoms with E-state index in [1.54, 1.807) is 30.5 Å². The number of aromatic nitrogens is 2. The summed E-state index contributed by atoms with van der Waals surface area (Å²) in [4.78, 5) is 21.1. The molecule has 0 fully saturated rings. The number of hydrogen-bond acceptors (Lipinski definition) is 4. The molecule has 4 rings (SSSR count). The summed E-state index contributed by atoms with van der Waals surface area (Å²) < 4.78 is 19.9. The van der Waals surface area contributed by atoms with Crippen LogP contribution in [0.2, 0.25) is 0 Å². The molecule has 2 aromatic heterocycles. The lowest BCUT2D eigenvalue weighted by Crippen LogP contribution is -2.23. The van der Waals surface area contributed by atoms with E-state index < -0.39 is 5.82 Å². The van der Waals surface area contributed by atoms with E-state index in [9.17, 15) is 9.18 Å². The molecule has 0 saturated carbocycles. The van der Waals surface area contributed by atoms with E-state index in [-0.39, 0.29) is 18.2 Å². The number of ether oxygens (including phenoxy) is 1. The van der Waals surface area contributed by atoms with Gasteiger partial charge in [-0.2, -0.15) is 0 Å². The van der Waals surface area contributed by atoms with Gasteiger partial charge in [0.1, 0.15) is 5.75 Å². The number of nitrogens with zero attached hydrogens (tertiary/aromatic N) is 2. The highest BCUT2D eigenvalue weighted by atomic mass is 19.1. The van der Waals surface area contributed by atoms with Gasteiger partial charge < -0.3 is 10.1 Å². The number of hydrogen-bond donors (Lipinski definition) is 1. The van der Waals surface area contributed by atoms with Gasteiger partial charge >= 0.3 is 0 Å². The molecule has 1 amide bonds. The van der Waals surface area contributed by atoms with Crippen molar-refractivity contribution >= 4 is 16.8 Å². The van der Waals surface area contributed by atoms with Crippen LogP contribution in [0.25, 0.3) is 10.9 Å². The summed E-state index contributed by atoms with van der Waals surface area (Å²) in [6.07, 6.45) is 3.12. The smallest absolute Gasteiger partial charge is 0.252 e. The van der Waals surface area contributed by atoms with E-state index in [0.29, 0.717) is 16.9 Å². The van der Waals surface area contributed by atoms with Gasteiger partial charge in [-0.1, -0.05) is 24.3 Å². The van der Waals surface area contributed by atoms with Crippen molar-refractivity contribution in [3.63, 3.8) is 0 Å². The van der Waals surface area contributed by atoms with E-state index in [1.807, 2.05) is 31.2 Å². The Hall–Kier alpha value is -3.80. The van der Waals surface area contributed by atoms with E-state index in [2.05, 4.69) is 15.3 Å². The van der Waals surface area contributed by atoms with Gasteiger partial charge in [-0.25, -0.2) is 4.39 Å². The normalized spacial score (nSPS) is 10.7. The molecule has 0 aliphatic carbocycles. The summed E-state index contributed by atoms with van der Waals surface area (Å²) in [6, 6.07) is 17.2. The molecule has 6 heteroatoms. The van der Waals surface area contributed by atoms with Crippen molar-refractivity contribution in [2.75, 3.05) is 0 Å². The van der Waals surface area contributed by atoms with Crippen LogP contribution in [-0.2, 0) is 6.54 Å². The fraction of sp³-hybridized carbons (Fsp3) is 0.0870. The van der Waals surface area contributed by atoms with Gasteiger partial charge in [-0.05, 0) is 48.9 Å². The average molecular weight is 387 g/mol. The Bertz CT molecular complexity index is 1180. The van der Waals surface area contributed by atoms with E-state index in [0.717, 1.165) is 16.6 Å². The highest BCUT2D eigenvalue weighted by molar-refractivity contribution is 6.06. The number of halogens is 1. The highest BCUT2D eigenvalue weighted by Gasteiger charge is 2.12. The average Bonchev–Trinajstić information content (AvgIpc) is 2.74. The van der Waals surface area contributed by atoms with Gasteiger partial charge in [0.2, 0.25) is 0 Å². The topological polar surface area (TPSA) is 64.1 Å². The largest absolute Gasteiger partial charge is 0.453 e. The molecule has 0 saturated heterocycles. The molecule has 29 heavy (non-hydrogen) atoms. The predicted octanol–water partition coefficient (Wildman–Crippen LogP) is 4.80. The number of nitrogens with one attached hydrogen (secondary N) is 1. The molecule has 0 atom stereocenters. The number of carbonyl (C=O) groups excluding carboxylic acids is 1. The maximum absolute atomic E-state index is 14.4. The van der Waals surface area contributed by atoms with Crippen LogP contribution in [0, 0.1) is 12.7 Å². The van der Waals surface area contributed by atoms with Crippen molar-refractivity contribution in [3.8, 4) is 11.5 Å². The second kappa shape index (κ2) is 8.06. The number of para-hydroxylation sites is 1. The Morgan fingerprint density at radius 2 is 1.97 bits per heavy atom. The number of amides is 1. The quantitative estimate of drug-likeness (QED) is 0.534. The van der Waals surface area contributed by atoms with Gasteiger partial charge in [-0.15, -0.1) is 0 Å². The first-order valence-corrected chi connectivity index (χ1v) is 9.11. The molecule has 144 valence electrons. The Morgan fingerprint density at radius 1 is 1.10 bits per heavy atom. The number of aryl methyl sites for hydroxylation is 1. The van der Waals surface area contributed by atoms with Gasteiger partial charge in [0.25, 0.3) is 5.91 Å². The first-order chi connectivity index (χ1) is 14.1. The summed E-state index contributed by atoms with van der Waals surface area (Å²) in [5.74, 6) is -0.190. The van der Waals surface area contributed by atoms with E-state index in [4.69, 9.17) is 4.74 Å². The molecular formula is C23H18FN3O2. The summed E-state index contributed by atoms with van der Waals surface area (Å²) in [7, 11) is 0. The fourth-order valence-corrected chi connectivity index (χ4v) is 3.04. The minimum atomic E-state index is -0.509. The molecule has 0 radical (unpaired) electrons. The van der Waals surface area contributed by atoms with Crippen molar-refractivity contribution in [2.24, 2.45) is 0 Å². The lowest BCUT2D eigenvalue weighted by Gasteiger charge is -2.11. The SMILES string of the molecule is Cc1cc(C(=O)NCc2ccc(Oc3cccnc3)c(F)c2)c2ccccc2n1. The third-order valence-corrected chi connectivity index (χ3v) is 4.40. The molecule has 0 aliphatic heterocycles. The number of carbonyl (C=O) groups is 1. The molecule has 4 aromatic rings. The van der Waals surface area contributed by atoms with Crippen molar-refractivity contribution < 1.29 is 13.9 Å². The Balaban J connectivity index is 1.48. The van der Waals surface area contributed by atoms with Crippen molar-refractivity contribution in [1.82, 2.24) is 15.3 Å². The first kappa shape index (κ1) is 18.6. The number of fused-ring (bicyclic) bond motifs is 1. The van der Waals surface area contributed by atoms with Gasteiger partial charge in [-0.3, -0.25) is 14.8 Å². The third-order valence-electron chi connectivity index (χ3n) is 4.40. The van der Waals surface area contributed by atoms with Crippen LogP contribution in [0.3, 0.4) is 0 Å². The summed E-state index contributed by atoms with van der Waals surface area (Å²) in [5.41, 5.74) is 2.70. The summed E-state index contributed by atoms with van der Waals surface area (Å²) >= 11 is 0. The molecule has 0 bridgehead atoms. The minimum absolute atomic E-state index is 0.101. The molecule has 2 heterocycles. The monoisotopic (exact) mass is 387 g/mol. The van der Waals surface area contributed by atoms with Crippen LogP contribution in [0.15, 0.2) is 73.1 Å².